The van der Waals surface area contributed by atoms with Crippen LogP contribution in [-0.4, -0.2) is 82.2 Å². The zero-order valence-electron chi connectivity index (χ0n) is 12.8. The van der Waals surface area contributed by atoms with E-state index in [-0.39, 0.29) is 18.4 Å². The number of piperidine rings is 1. The van der Waals surface area contributed by atoms with Crippen LogP contribution in [-0.2, 0) is 15.0 Å². The summed E-state index contributed by atoms with van der Waals surface area (Å²) in [7, 11) is 3.48. The number of carbonyl (C=O) groups excluding carboxylic acids is 1. The Labute approximate surface area is 122 Å². The van der Waals surface area contributed by atoms with E-state index in [9.17, 15) is 13.2 Å². The van der Waals surface area contributed by atoms with E-state index in [1.807, 2.05) is 19.0 Å². The molecule has 1 heterocycles. The molecule has 1 unspecified atom stereocenters. The molecule has 0 bridgehead atoms. The van der Waals surface area contributed by atoms with Gasteiger partial charge in [-0.15, -0.1) is 0 Å². The molecule has 0 saturated carbocycles. The molecule has 8 heteroatoms. The van der Waals surface area contributed by atoms with E-state index >= 15 is 0 Å². The molecule has 1 rings (SSSR count). The fraction of sp³-hybridized carbons (Fsp3) is 0.917. The first kappa shape index (κ1) is 17.4. The number of carbonyl (C=O) groups is 1. The molecule has 0 aromatic heterocycles. The molecule has 0 radical (unpaired) electrons. The van der Waals surface area contributed by atoms with Gasteiger partial charge in [0.05, 0.1) is 5.92 Å². The molecule has 0 aromatic rings. The van der Waals surface area contributed by atoms with Crippen LogP contribution in [0.4, 0.5) is 0 Å². The Morgan fingerprint density at radius 2 is 1.95 bits per heavy atom. The van der Waals surface area contributed by atoms with Crippen molar-refractivity contribution in [2.24, 2.45) is 5.92 Å². The van der Waals surface area contributed by atoms with E-state index < -0.39 is 10.2 Å². The van der Waals surface area contributed by atoms with Crippen molar-refractivity contribution >= 4 is 16.1 Å². The predicted octanol–water partition coefficient (Wildman–Crippen LogP) is -0.817. The molecule has 118 valence electrons. The van der Waals surface area contributed by atoms with Crippen molar-refractivity contribution in [3.8, 4) is 0 Å². The first-order chi connectivity index (χ1) is 9.25. The average Bonchev–Trinajstić information content (AvgIpc) is 2.38. The molecule has 1 aliphatic heterocycles. The van der Waals surface area contributed by atoms with Gasteiger partial charge in [0.1, 0.15) is 0 Å². The maximum absolute atomic E-state index is 12.1. The summed E-state index contributed by atoms with van der Waals surface area (Å²) in [5, 5.41) is 2.87. The summed E-state index contributed by atoms with van der Waals surface area (Å²) in [4.78, 5) is 14.0. The van der Waals surface area contributed by atoms with Gasteiger partial charge in [-0.05, 0) is 26.9 Å². The maximum atomic E-state index is 12.1. The zero-order chi connectivity index (χ0) is 15.3. The molecule has 1 N–H and O–H groups in total. The number of likely N-dealkylation sites (N-methyl/N-ethyl adjacent to an activating group) is 1. The topological polar surface area (TPSA) is 73.0 Å². The van der Waals surface area contributed by atoms with Gasteiger partial charge in [-0.3, -0.25) is 4.79 Å². The minimum atomic E-state index is -3.42. The lowest BCUT2D eigenvalue weighted by Gasteiger charge is -2.32. The second-order valence-electron chi connectivity index (χ2n) is 5.58. The summed E-state index contributed by atoms with van der Waals surface area (Å²) in [6.07, 6.45) is 1.46. The zero-order valence-corrected chi connectivity index (χ0v) is 13.6. The van der Waals surface area contributed by atoms with Crippen molar-refractivity contribution < 1.29 is 13.2 Å². The van der Waals surface area contributed by atoms with E-state index in [0.717, 1.165) is 19.4 Å². The molecule has 0 aliphatic carbocycles. The molecule has 1 amide bonds. The van der Waals surface area contributed by atoms with Crippen LogP contribution in [0.15, 0.2) is 0 Å². The normalized spacial score (nSPS) is 21.4. The first-order valence-corrected chi connectivity index (χ1v) is 8.25. The highest BCUT2D eigenvalue weighted by Crippen LogP contribution is 2.20. The highest BCUT2D eigenvalue weighted by atomic mass is 32.2. The predicted molar refractivity (Wildman–Crippen MR) is 78.5 cm³/mol. The van der Waals surface area contributed by atoms with Gasteiger partial charge in [0, 0.05) is 40.3 Å². The second kappa shape index (κ2) is 7.35. The molecular formula is C12H26N4O3S. The van der Waals surface area contributed by atoms with Crippen molar-refractivity contribution in [1.82, 2.24) is 18.8 Å². The van der Waals surface area contributed by atoms with Gasteiger partial charge in [0.25, 0.3) is 10.2 Å². The van der Waals surface area contributed by atoms with Crippen LogP contribution in [0.25, 0.3) is 0 Å². The summed E-state index contributed by atoms with van der Waals surface area (Å²) >= 11 is 0. The number of hydrogen-bond acceptors (Lipinski definition) is 4. The summed E-state index contributed by atoms with van der Waals surface area (Å²) < 4.78 is 26.7. The van der Waals surface area contributed by atoms with Crippen LogP contribution >= 0.6 is 0 Å². The fourth-order valence-electron chi connectivity index (χ4n) is 2.14. The minimum Gasteiger partial charge on any atom is -0.355 e. The number of amides is 1. The lowest BCUT2D eigenvalue weighted by Crippen LogP contribution is -2.49. The Balaban J connectivity index is 2.54. The number of hydrogen-bond donors (Lipinski definition) is 1. The van der Waals surface area contributed by atoms with E-state index in [4.69, 9.17) is 0 Å². The highest BCUT2D eigenvalue weighted by molar-refractivity contribution is 7.86. The second-order valence-corrected chi connectivity index (χ2v) is 7.72. The van der Waals surface area contributed by atoms with Gasteiger partial charge in [0.15, 0.2) is 0 Å². The summed E-state index contributed by atoms with van der Waals surface area (Å²) in [6.45, 7) is 2.12. The molecule has 0 spiro atoms. The molecule has 1 fully saturated rings. The van der Waals surface area contributed by atoms with Crippen molar-refractivity contribution in [2.45, 2.75) is 12.8 Å². The summed E-state index contributed by atoms with van der Waals surface area (Å²) in [5.74, 6) is -0.300. The lowest BCUT2D eigenvalue weighted by molar-refractivity contribution is -0.126. The number of rotatable bonds is 6. The third-order valence-corrected chi connectivity index (χ3v) is 5.31. The largest absolute Gasteiger partial charge is 0.355 e. The number of nitrogens with one attached hydrogen (secondary N) is 1. The van der Waals surface area contributed by atoms with E-state index in [0.29, 0.717) is 13.1 Å². The van der Waals surface area contributed by atoms with E-state index in [1.165, 1.54) is 22.7 Å². The smallest absolute Gasteiger partial charge is 0.281 e. The van der Waals surface area contributed by atoms with Crippen molar-refractivity contribution in [2.75, 3.05) is 54.4 Å². The summed E-state index contributed by atoms with van der Waals surface area (Å²) in [5.41, 5.74) is 0. The van der Waals surface area contributed by atoms with Crippen LogP contribution in [0.5, 0.6) is 0 Å². The molecule has 1 saturated heterocycles. The molecule has 1 atom stereocenters. The monoisotopic (exact) mass is 306 g/mol. The van der Waals surface area contributed by atoms with Gasteiger partial charge in [0.2, 0.25) is 5.91 Å². The molecular weight excluding hydrogens is 280 g/mol. The number of nitrogens with zero attached hydrogens (tertiary/aromatic N) is 3. The Kier molecular flexibility index (Phi) is 6.38. The average molecular weight is 306 g/mol. The van der Waals surface area contributed by atoms with E-state index in [2.05, 4.69) is 5.32 Å². The quantitative estimate of drug-likeness (QED) is 0.696. The van der Waals surface area contributed by atoms with E-state index in [1.54, 1.807) is 0 Å². The van der Waals surface area contributed by atoms with Gasteiger partial charge < -0.3 is 10.2 Å². The first-order valence-electron chi connectivity index (χ1n) is 6.85. The van der Waals surface area contributed by atoms with Crippen LogP contribution < -0.4 is 5.32 Å². The van der Waals surface area contributed by atoms with Crippen molar-refractivity contribution in [3.63, 3.8) is 0 Å². The third kappa shape index (κ3) is 4.69. The minimum absolute atomic E-state index is 0.0505. The van der Waals surface area contributed by atoms with Crippen molar-refractivity contribution in [3.05, 3.63) is 0 Å². The van der Waals surface area contributed by atoms with Gasteiger partial charge in [-0.25, -0.2) is 0 Å². The molecule has 20 heavy (non-hydrogen) atoms. The third-order valence-electron chi connectivity index (χ3n) is 3.40. The van der Waals surface area contributed by atoms with Crippen LogP contribution in [0.2, 0.25) is 0 Å². The van der Waals surface area contributed by atoms with Crippen LogP contribution in [0.1, 0.15) is 12.8 Å². The molecule has 1 aliphatic rings. The van der Waals surface area contributed by atoms with Gasteiger partial charge in [-0.1, -0.05) is 0 Å². The van der Waals surface area contributed by atoms with Gasteiger partial charge in [-0.2, -0.15) is 17.0 Å². The van der Waals surface area contributed by atoms with Crippen LogP contribution in [0.3, 0.4) is 0 Å². The Morgan fingerprint density at radius 3 is 2.50 bits per heavy atom. The fourth-order valence-corrected chi connectivity index (χ4v) is 3.33. The standard InChI is InChI=1S/C12H26N4O3S/c1-14(2)9-7-13-12(17)11-6-5-8-16(10-11)20(18,19)15(3)4/h11H,5-10H2,1-4H3,(H,13,17). The summed E-state index contributed by atoms with van der Waals surface area (Å²) in [6, 6.07) is 0. The SMILES string of the molecule is CN(C)CCNC(=O)C1CCCN(S(=O)(=O)N(C)C)C1. The molecule has 7 nitrogen and oxygen atoms in total. The Bertz CT molecular complexity index is 422. The Morgan fingerprint density at radius 1 is 1.30 bits per heavy atom. The van der Waals surface area contributed by atoms with Gasteiger partial charge >= 0.3 is 0 Å². The van der Waals surface area contributed by atoms with Crippen LogP contribution in [0, 0.1) is 5.92 Å². The Hall–Kier alpha value is -0.700. The van der Waals surface area contributed by atoms with Crippen molar-refractivity contribution in [1.29, 1.82) is 0 Å². The highest BCUT2D eigenvalue weighted by Gasteiger charge is 2.33. The lowest BCUT2D eigenvalue weighted by atomic mass is 9.99. The molecule has 0 aromatic carbocycles. The maximum Gasteiger partial charge on any atom is 0.281 e.